The van der Waals surface area contributed by atoms with E-state index in [4.69, 9.17) is 0 Å². The second kappa shape index (κ2) is 7.69. The van der Waals surface area contributed by atoms with Crippen molar-refractivity contribution in [1.82, 2.24) is 24.4 Å². The van der Waals surface area contributed by atoms with Crippen LogP contribution in [-0.2, 0) is 17.8 Å². The second-order valence-electron chi connectivity index (χ2n) is 6.48. The molecule has 27 heavy (non-hydrogen) atoms. The Kier molecular flexibility index (Phi) is 5.34. The Bertz CT molecular complexity index is 1040. The van der Waals surface area contributed by atoms with Crippen LogP contribution in [0.4, 0.5) is 4.39 Å². The molecule has 3 aromatic rings. The van der Waals surface area contributed by atoms with Crippen LogP contribution in [0.1, 0.15) is 24.1 Å². The summed E-state index contributed by atoms with van der Waals surface area (Å²) in [5, 5.41) is 0. The van der Waals surface area contributed by atoms with Crippen molar-refractivity contribution < 1.29 is 9.18 Å². The van der Waals surface area contributed by atoms with Gasteiger partial charge in [-0.1, -0.05) is 0 Å². The summed E-state index contributed by atoms with van der Waals surface area (Å²) in [6.45, 7) is 6.34. The SMILES string of the molecule is CCN(CCc1nc2ccc(F)cc2[nH]1)C(=O)Cn1c(C)cc(C)nc1=O. The van der Waals surface area contributed by atoms with Crippen molar-refractivity contribution in [2.24, 2.45) is 0 Å². The van der Waals surface area contributed by atoms with Crippen LogP contribution in [0, 0.1) is 19.7 Å². The standard InChI is InChI=1S/C19H22FN5O2/c1-4-24(18(26)11-25-13(3)9-12(2)21-19(25)27)8-7-17-22-15-6-5-14(20)10-16(15)23-17/h5-6,9-10H,4,7-8,11H2,1-3H3,(H,22,23). The predicted octanol–water partition coefficient (Wildman–Crippen LogP) is 1.97. The fourth-order valence-electron chi connectivity index (χ4n) is 3.06. The number of hydrogen-bond acceptors (Lipinski definition) is 4. The molecule has 3 rings (SSSR count). The summed E-state index contributed by atoms with van der Waals surface area (Å²) < 4.78 is 14.7. The third-order valence-electron chi connectivity index (χ3n) is 4.49. The third-order valence-corrected chi connectivity index (χ3v) is 4.49. The Morgan fingerprint density at radius 2 is 2.04 bits per heavy atom. The van der Waals surface area contributed by atoms with Gasteiger partial charge in [-0.3, -0.25) is 9.36 Å². The molecule has 2 heterocycles. The van der Waals surface area contributed by atoms with Gasteiger partial charge < -0.3 is 9.88 Å². The first-order valence-electron chi connectivity index (χ1n) is 8.84. The number of hydrogen-bond donors (Lipinski definition) is 1. The van der Waals surface area contributed by atoms with Crippen LogP contribution in [0.15, 0.2) is 29.1 Å². The maximum atomic E-state index is 13.3. The van der Waals surface area contributed by atoms with Gasteiger partial charge in [-0.2, -0.15) is 4.98 Å². The molecule has 2 aromatic heterocycles. The van der Waals surface area contributed by atoms with Crippen molar-refractivity contribution >= 4 is 16.9 Å². The summed E-state index contributed by atoms with van der Waals surface area (Å²) in [7, 11) is 0. The lowest BCUT2D eigenvalue weighted by molar-refractivity contribution is -0.131. The van der Waals surface area contributed by atoms with Gasteiger partial charge in [0.15, 0.2) is 0 Å². The van der Waals surface area contributed by atoms with Crippen molar-refractivity contribution in [3.05, 3.63) is 57.8 Å². The quantitative estimate of drug-likeness (QED) is 0.718. The highest BCUT2D eigenvalue weighted by Gasteiger charge is 2.15. The zero-order valence-electron chi connectivity index (χ0n) is 15.6. The molecule has 0 saturated heterocycles. The van der Waals surface area contributed by atoms with E-state index in [0.29, 0.717) is 47.8 Å². The van der Waals surface area contributed by atoms with E-state index in [1.807, 2.05) is 6.92 Å². The molecule has 0 spiro atoms. The number of nitrogens with one attached hydrogen (secondary N) is 1. The highest BCUT2D eigenvalue weighted by Crippen LogP contribution is 2.13. The van der Waals surface area contributed by atoms with E-state index in [9.17, 15) is 14.0 Å². The van der Waals surface area contributed by atoms with E-state index in [1.54, 1.807) is 30.9 Å². The number of aromatic nitrogens is 4. The molecule has 0 aliphatic heterocycles. The van der Waals surface area contributed by atoms with E-state index >= 15 is 0 Å². The van der Waals surface area contributed by atoms with Gasteiger partial charge >= 0.3 is 5.69 Å². The molecular formula is C19H22FN5O2. The number of benzene rings is 1. The molecule has 0 bridgehead atoms. The highest BCUT2D eigenvalue weighted by atomic mass is 19.1. The summed E-state index contributed by atoms with van der Waals surface area (Å²) in [6.07, 6.45) is 0.510. The highest BCUT2D eigenvalue weighted by molar-refractivity contribution is 5.76. The van der Waals surface area contributed by atoms with E-state index in [0.717, 1.165) is 0 Å². The fourth-order valence-corrected chi connectivity index (χ4v) is 3.06. The first kappa shape index (κ1) is 18.8. The number of H-pyrrole nitrogens is 1. The molecule has 7 nitrogen and oxygen atoms in total. The topological polar surface area (TPSA) is 83.9 Å². The number of likely N-dealkylation sites (N-methyl/N-ethyl adjacent to an activating group) is 1. The van der Waals surface area contributed by atoms with Gasteiger partial charge in [-0.05, 0) is 45.0 Å². The maximum Gasteiger partial charge on any atom is 0.348 e. The number of carbonyl (C=O) groups excluding carboxylic acids is 1. The Morgan fingerprint density at radius 1 is 1.26 bits per heavy atom. The number of halogens is 1. The van der Waals surface area contributed by atoms with Gasteiger partial charge in [0, 0.05) is 30.9 Å². The lowest BCUT2D eigenvalue weighted by Crippen LogP contribution is -2.39. The van der Waals surface area contributed by atoms with Gasteiger partial charge in [-0.15, -0.1) is 0 Å². The van der Waals surface area contributed by atoms with Crippen LogP contribution in [0.2, 0.25) is 0 Å². The minimum absolute atomic E-state index is 0.0445. The number of rotatable bonds is 6. The normalized spacial score (nSPS) is 11.1. The van der Waals surface area contributed by atoms with Crippen LogP contribution in [-0.4, -0.2) is 43.4 Å². The number of aryl methyl sites for hydroxylation is 2. The summed E-state index contributed by atoms with van der Waals surface area (Å²) >= 11 is 0. The molecule has 0 radical (unpaired) electrons. The van der Waals surface area contributed by atoms with Crippen molar-refractivity contribution in [3.8, 4) is 0 Å². The molecular weight excluding hydrogens is 349 g/mol. The fraction of sp³-hybridized carbons (Fsp3) is 0.368. The lowest BCUT2D eigenvalue weighted by Gasteiger charge is -2.21. The molecule has 0 unspecified atom stereocenters. The average molecular weight is 371 g/mol. The van der Waals surface area contributed by atoms with Crippen molar-refractivity contribution in [2.75, 3.05) is 13.1 Å². The van der Waals surface area contributed by atoms with Crippen molar-refractivity contribution in [3.63, 3.8) is 0 Å². The van der Waals surface area contributed by atoms with Crippen molar-refractivity contribution in [2.45, 2.75) is 33.7 Å². The van der Waals surface area contributed by atoms with E-state index in [-0.39, 0.29) is 18.3 Å². The Morgan fingerprint density at radius 3 is 2.74 bits per heavy atom. The summed E-state index contributed by atoms with van der Waals surface area (Å²) in [5.41, 5.74) is 2.24. The Labute approximate surface area is 155 Å². The number of nitrogens with zero attached hydrogens (tertiary/aromatic N) is 4. The first-order valence-corrected chi connectivity index (χ1v) is 8.84. The van der Waals surface area contributed by atoms with E-state index in [1.165, 1.54) is 16.7 Å². The van der Waals surface area contributed by atoms with Gasteiger partial charge in [0.2, 0.25) is 5.91 Å². The smallest absolute Gasteiger partial charge is 0.342 e. The average Bonchev–Trinajstić information content (AvgIpc) is 3.00. The van der Waals surface area contributed by atoms with Gasteiger partial charge in [0.25, 0.3) is 0 Å². The number of amides is 1. The summed E-state index contributed by atoms with van der Waals surface area (Å²) in [5.74, 6) is 0.207. The molecule has 1 N–H and O–H groups in total. The maximum absolute atomic E-state index is 13.3. The predicted molar refractivity (Wildman–Crippen MR) is 100.0 cm³/mol. The largest absolute Gasteiger partial charge is 0.348 e. The van der Waals surface area contributed by atoms with Crippen molar-refractivity contribution in [1.29, 1.82) is 0 Å². The Hall–Kier alpha value is -3.03. The molecule has 0 saturated carbocycles. The van der Waals surface area contributed by atoms with Crippen LogP contribution in [0.25, 0.3) is 11.0 Å². The minimum Gasteiger partial charge on any atom is -0.342 e. The van der Waals surface area contributed by atoms with E-state index < -0.39 is 5.69 Å². The minimum atomic E-state index is -0.420. The molecule has 1 aromatic carbocycles. The van der Waals surface area contributed by atoms with Crippen LogP contribution in [0.3, 0.4) is 0 Å². The monoisotopic (exact) mass is 371 g/mol. The van der Waals surface area contributed by atoms with E-state index in [2.05, 4.69) is 15.0 Å². The summed E-state index contributed by atoms with van der Waals surface area (Å²) in [6, 6.07) is 6.16. The van der Waals surface area contributed by atoms with Gasteiger partial charge in [0.1, 0.15) is 18.2 Å². The zero-order valence-corrected chi connectivity index (χ0v) is 15.6. The number of carbonyl (C=O) groups is 1. The molecule has 142 valence electrons. The van der Waals surface area contributed by atoms with Crippen LogP contribution >= 0.6 is 0 Å². The lowest BCUT2D eigenvalue weighted by atomic mass is 10.3. The number of aromatic amines is 1. The Balaban J connectivity index is 1.69. The van der Waals surface area contributed by atoms with Gasteiger partial charge in [0.05, 0.1) is 11.0 Å². The molecule has 0 atom stereocenters. The zero-order chi connectivity index (χ0) is 19.6. The number of fused-ring (bicyclic) bond motifs is 1. The summed E-state index contributed by atoms with van der Waals surface area (Å²) in [4.78, 5) is 37.7. The van der Waals surface area contributed by atoms with Gasteiger partial charge in [-0.25, -0.2) is 14.2 Å². The van der Waals surface area contributed by atoms with Crippen LogP contribution in [0.5, 0.6) is 0 Å². The molecule has 0 fully saturated rings. The molecule has 1 amide bonds. The molecule has 0 aliphatic carbocycles. The second-order valence-corrected chi connectivity index (χ2v) is 6.48. The first-order chi connectivity index (χ1) is 12.9. The third kappa shape index (κ3) is 4.21. The van der Waals surface area contributed by atoms with Crippen LogP contribution < -0.4 is 5.69 Å². The molecule has 8 heteroatoms. The number of imidazole rings is 1. The molecule has 0 aliphatic rings.